The molecule has 2 N–H and O–H groups in total. The van der Waals surface area contributed by atoms with Crippen molar-refractivity contribution in [1.29, 1.82) is 0 Å². The lowest BCUT2D eigenvalue weighted by atomic mass is 10.1. The Labute approximate surface area is 116 Å². The maximum atomic E-state index is 11.1. The van der Waals surface area contributed by atoms with E-state index < -0.39 is 5.91 Å². The quantitative estimate of drug-likeness (QED) is 0.687. The van der Waals surface area contributed by atoms with Crippen LogP contribution in [-0.2, 0) is 0 Å². The number of benzene rings is 1. The van der Waals surface area contributed by atoms with Gasteiger partial charge in [-0.3, -0.25) is 4.79 Å². The van der Waals surface area contributed by atoms with Crippen LogP contribution in [0.3, 0.4) is 0 Å². The van der Waals surface area contributed by atoms with E-state index in [4.69, 9.17) is 10.5 Å². The smallest absolute Gasteiger partial charge is 0.248 e. The standard InChI is InChI=1S/C16H25NO2/c1-3-4-5-6-7-9-13(2)19-15-11-8-10-14(12-15)16(17)18/h8,10-13H,3-7,9H2,1-2H3,(H2,17,18). The van der Waals surface area contributed by atoms with Crippen molar-refractivity contribution in [3.05, 3.63) is 29.8 Å². The summed E-state index contributed by atoms with van der Waals surface area (Å²) in [7, 11) is 0. The molecule has 0 saturated carbocycles. The Hall–Kier alpha value is -1.51. The lowest BCUT2D eigenvalue weighted by Crippen LogP contribution is -2.13. The van der Waals surface area contributed by atoms with Crippen molar-refractivity contribution in [1.82, 2.24) is 0 Å². The first-order valence-corrected chi connectivity index (χ1v) is 7.20. The first-order valence-electron chi connectivity index (χ1n) is 7.20. The number of nitrogens with two attached hydrogens (primary N) is 1. The van der Waals surface area contributed by atoms with Crippen LogP contribution < -0.4 is 10.5 Å². The van der Waals surface area contributed by atoms with E-state index in [1.807, 2.05) is 6.07 Å². The fourth-order valence-electron chi connectivity index (χ4n) is 2.05. The van der Waals surface area contributed by atoms with Crippen LogP contribution in [0, 0.1) is 0 Å². The number of hydrogen-bond donors (Lipinski definition) is 1. The van der Waals surface area contributed by atoms with Gasteiger partial charge in [0.1, 0.15) is 5.75 Å². The highest BCUT2D eigenvalue weighted by atomic mass is 16.5. The highest BCUT2D eigenvalue weighted by Crippen LogP contribution is 2.17. The van der Waals surface area contributed by atoms with Gasteiger partial charge < -0.3 is 10.5 Å². The highest BCUT2D eigenvalue weighted by molar-refractivity contribution is 5.93. The predicted octanol–water partition coefficient (Wildman–Crippen LogP) is 3.91. The van der Waals surface area contributed by atoms with Gasteiger partial charge in [-0.2, -0.15) is 0 Å². The van der Waals surface area contributed by atoms with Crippen molar-refractivity contribution < 1.29 is 9.53 Å². The lowest BCUT2D eigenvalue weighted by Gasteiger charge is -2.15. The normalized spacial score (nSPS) is 12.1. The molecule has 0 aliphatic carbocycles. The summed E-state index contributed by atoms with van der Waals surface area (Å²) in [5, 5.41) is 0. The van der Waals surface area contributed by atoms with Gasteiger partial charge in [-0.05, 0) is 38.0 Å². The molecule has 1 aromatic carbocycles. The molecule has 106 valence electrons. The van der Waals surface area contributed by atoms with Crippen molar-refractivity contribution in [3.8, 4) is 5.75 Å². The van der Waals surface area contributed by atoms with Crippen molar-refractivity contribution in [2.75, 3.05) is 0 Å². The van der Waals surface area contributed by atoms with Gasteiger partial charge in [-0.15, -0.1) is 0 Å². The molecular formula is C16H25NO2. The number of primary amides is 1. The third kappa shape index (κ3) is 6.27. The molecule has 0 aliphatic rings. The van der Waals surface area contributed by atoms with Crippen LogP contribution in [0.25, 0.3) is 0 Å². The van der Waals surface area contributed by atoms with Crippen molar-refractivity contribution in [3.63, 3.8) is 0 Å². The topological polar surface area (TPSA) is 52.3 Å². The van der Waals surface area contributed by atoms with Crippen molar-refractivity contribution in [2.24, 2.45) is 5.73 Å². The second kappa shape index (κ2) is 8.57. The number of carbonyl (C=O) groups is 1. The Morgan fingerprint density at radius 1 is 1.26 bits per heavy atom. The summed E-state index contributed by atoms with van der Waals surface area (Å²) < 4.78 is 5.80. The largest absolute Gasteiger partial charge is 0.491 e. The maximum Gasteiger partial charge on any atom is 0.248 e. The molecule has 1 atom stereocenters. The minimum Gasteiger partial charge on any atom is -0.491 e. The summed E-state index contributed by atoms with van der Waals surface area (Å²) in [6.07, 6.45) is 7.57. The van der Waals surface area contributed by atoms with E-state index in [1.54, 1.807) is 18.2 Å². The molecule has 1 unspecified atom stereocenters. The summed E-state index contributed by atoms with van der Waals surface area (Å²) in [6, 6.07) is 7.06. The Morgan fingerprint density at radius 3 is 2.68 bits per heavy atom. The number of rotatable bonds is 9. The molecule has 3 heteroatoms. The zero-order valence-electron chi connectivity index (χ0n) is 12.0. The first-order chi connectivity index (χ1) is 9.13. The van der Waals surface area contributed by atoms with Gasteiger partial charge in [0.05, 0.1) is 6.10 Å². The molecule has 0 aliphatic heterocycles. The number of carbonyl (C=O) groups excluding carboxylic acids is 1. The van der Waals surface area contributed by atoms with Crippen LogP contribution in [-0.4, -0.2) is 12.0 Å². The van der Waals surface area contributed by atoms with Gasteiger partial charge in [0.2, 0.25) is 5.91 Å². The number of unbranched alkanes of at least 4 members (excludes halogenated alkanes) is 4. The molecular weight excluding hydrogens is 238 g/mol. The summed E-state index contributed by atoms with van der Waals surface area (Å²) in [4.78, 5) is 11.1. The highest BCUT2D eigenvalue weighted by Gasteiger charge is 2.06. The lowest BCUT2D eigenvalue weighted by molar-refractivity contribution is 0.0999. The zero-order valence-corrected chi connectivity index (χ0v) is 12.0. The SMILES string of the molecule is CCCCCCCC(C)Oc1cccc(C(N)=O)c1. The second-order valence-corrected chi connectivity index (χ2v) is 5.02. The molecule has 0 aromatic heterocycles. The first kappa shape index (κ1) is 15.5. The van der Waals surface area contributed by atoms with Crippen LogP contribution in [0.5, 0.6) is 5.75 Å². The van der Waals surface area contributed by atoms with Gasteiger partial charge in [0, 0.05) is 5.56 Å². The maximum absolute atomic E-state index is 11.1. The van der Waals surface area contributed by atoms with Gasteiger partial charge >= 0.3 is 0 Å². The van der Waals surface area contributed by atoms with E-state index in [1.165, 1.54) is 32.1 Å². The van der Waals surface area contributed by atoms with Gasteiger partial charge in [0.15, 0.2) is 0 Å². The van der Waals surface area contributed by atoms with E-state index in [0.29, 0.717) is 5.56 Å². The fraction of sp³-hybridized carbons (Fsp3) is 0.562. The zero-order chi connectivity index (χ0) is 14.1. The molecule has 0 bridgehead atoms. The van der Waals surface area contributed by atoms with Crippen LogP contribution in [0.4, 0.5) is 0 Å². The molecule has 19 heavy (non-hydrogen) atoms. The predicted molar refractivity (Wildman–Crippen MR) is 78.4 cm³/mol. The molecule has 0 radical (unpaired) electrons. The monoisotopic (exact) mass is 263 g/mol. The minimum atomic E-state index is -0.419. The minimum absolute atomic E-state index is 0.171. The van der Waals surface area contributed by atoms with E-state index >= 15 is 0 Å². The molecule has 0 saturated heterocycles. The fourth-order valence-corrected chi connectivity index (χ4v) is 2.05. The van der Waals surface area contributed by atoms with Crippen LogP contribution in [0.2, 0.25) is 0 Å². The van der Waals surface area contributed by atoms with Crippen molar-refractivity contribution in [2.45, 2.75) is 58.5 Å². The third-order valence-electron chi connectivity index (χ3n) is 3.17. The average molecular weight is 263 g/mol. The van der Waals surface area contributed by atoms with E-state index in [-0.39, 0.29) is 6.10 Å². The summed E-state index contributed by atoms with van der Waals surface area (Å²) in [6.45, 7) is 4.29. The van der Waals surface area contributed by atoms with E-state index in [2.05, 4.69) is 13.8 Å². The van der Waals surface area contributed by atoms with Crippen LogP contribution >= 0.6 is 0 Å². The number of amides is 1. The molecule has 3 nitrogen and oxygen atoms in total. The average Bonchev–Trinajstić information content (AvgIpc) is 2.38. The summed E-state index contributed by atoms with van der Waals surface area (Å²) >= 11 is 0. The van der Waals surface area contributed by atoms with Crippen molar-refractivity contribution >= 4 is 5.91 Å². The van der Waals surface area contributed by atoms with E-state index in [9.17, 15) is 4.79 Å². The summed E-state index contributed by atoms with van der Waals surface area (Å²) in [5.41, 5.74) is 5.74. The van der Waals surface area contributed by atoms with Crippen LogP contribution in [0.15, 0.2) is 24.3 Å². The number of hydrogen-bond acceptors (Lipinski definition) is 2. The van der Waals surface area contributed by atoms with Gasteiger partial charge in [-0.25, -0.2) is 0 Å². The Kier molecular flexibility index (Phi) is 7.01. The van der Waals surface area contributed by atoms with Crippen LogP contribution in [0.1, 0.15) is 62.7 Å². The van der Waals surface area contributed by atoms with Gasteiger partial charge in [0.25, 0.3) is 0 Å². The second-order valence-electron chi connectivity index (χ2n) is 5.02. The molecule has 0 heterocycles. The number of ether oxygens (including phenoxy) is 1. The Balaban J connectivity index is 2.33. The molecule has 0 fully saturated rings. The van der Waals surface area contributed by atoms with E-state index in [0.717, 1.165) is 12.2 Å². The Bertz CT molecular complexity index is 390. The third-order valence-corrected chi connectivity index (χ3v) is 3.17. The molecule has 0 spiro atoms. The van der Waals surface area contributed by atoms with Gasteiger partial charge in [-0.1, -0.05) is 38.7 Å². The molecule has 1 aromatic rings. The Morgan fingerprint density at radius 2 is 2.00 bits per heavy atom. The summed E-state index contributed by atoms with van der Waals surface area (Å²) in [5.74, 6) is 0.301. The molecule has 1 rings (SSSR count). The molecule has 1 amide bonds.